The topological polar surface area (TPSA) is 43.5 Å². The lowest BCUT2D eigenvalue weighted by atomic mass is 9.88. The van der Waals surface area contributed by atoms with Crippen LogP contribution in [0, 0.1) is 0 Å². The van der Waals surface area contributed by atoms with Crippen molar-refractivity contribution >= 4 is 16.6 Å². The normalized spacial score (nSPS) is 21.3. The van der Waals surface area contributed by atoms with E-state index in [0.29, 0.717) is 17.8 Å². The summed E-state index contributed by atoms with van der Waals surface area (Å²) in [5.41, 5.74) is 3.16. The number of rotatable bonds is 8. The Kier molecular flexibility index (Phi) is 7.06. The van der Waals surface area contributed by atoms with Gasteiger partial charge in [-0.2, -0.15) is 22.0 Å². The van der Waals surface area contributed by atoms with Crippen LogP contribution in [0.2, 0.25) is 0 Å². The Labute approximate surface area is 212 Å². The number of nitrogens with zero attached hydrogens (tertiary/aromatic N) is 2. The monoisotopic (exact) mass is 522 g/mol. The predicted octanol–water partition coefficient (Wildman–Crippen LogP) is 6.17. The molecule has 3 heterocycles. The van der Waals surface area contributed by atoms with Crippen LogP contribution in [-0.2, 0) is 6.42 Å². The molecule has 10 heteroatoms. The first-order chi connectivity index (χ1) is 17.6. The van der Waals surface area contributed by atoms with E-state index in [1.807, 2.05) is 24.3 Å². The number of fused-ring (bicyclic) bond motifs is 3. The maximum absolute atomic E-state index is 13.7. The van der Waals surface area contributed by atoms with Gasteiger partial charge in [0.25, 0.3) is 0 Å². The van der Waals surface area contributed by atoms with E-state index < -0.39 is 31.4 Å². The van der Waals surface area contributed by atoms with Crippen molar-refractivity contribution < 1.29 is 26.7 Å². The summed E-state index contributed by atoms with van der Waals surface area (Å²) in [6.45, 7) is 2.26. The molecule has 0 saturated carbocycles. The second-order valence-electron chi connectivity index (χ2n) is 10.0. The average molecular weight is 523 g/mol. The number of benzene rings is 2. The second-order valence-corrected chi connectivity index (χ2v) is 10.0. The number of aromatic amines is 1. The quantitative estimate of drug-likeness (QED) is 0.347. The van der Waals surface area contributed by atoms with E-state index in [-0.39, 0.29) is 17.4 Å². The fraction of sp³-hybridized carbons (Fsp3) is 0.481. The number of likely N-dealkylation sites (tertiary alicyclic amines) is 1. The molecule has 2 aliphatic rings. The zero-order chi connectivity index (χ0) is 26.3. The smallest absolute Gasteiger partial charge is 0.401 e. The minimum Gasteiger partial charge on any atom is -0.434 e. The van der Waals surface area contributed by atoms with Gasteiger partial charge >= 0.3 is 12.8 Å². The molecule has 1 fully saturated rings. The fourth-order valence-electron chi connectivity index (χ4n) is 5.74. The minimum atomic E-state index is -4.46. The second kappa shape index (κ2) is 10.1. The molecule has 3 aromatic rings. The van der Waals surface area contributed by atoms with E-state index in [9.17, 15) is 22.0 Å². The molecule has 2 aliphatic heterocycles. The molecule has 0 unspecified atom stereocenters. The maximum Gasteiger partial charge on any atom is 0.401 e. The lowest BCUT2D eigenvalue weighted by Gasteiger charge is -2.42. The molecule has 1 aromatic heterocycles. The van der Waals surface area contributed by atoms with Crippen LogP contribution in [0.25, 0.3) is 10.9 Å². The van der Waals surface area contributed by atoms with Crippen molar-refractivity contribution in [3.8, 4) is 5.75 Å². The molecule has 1 saturated heterocycles. The fourth-order valence-corrected chi connectivity index (χ4v) is 5.74. The summed E-state index contributed by atoms with van der Waals surface area (Å²) in [4.78, 5) is 6.91. The molecule has 2 atom stereocenters. The third-order valence-corrected chi connectivity index (χ3v) is 7.27. The first kappa shape index (κ1) is 25.8. The van der Waals surface area contributed by atoms with Crippen LogP contribution < -0.4 is 10.1 Å². The third-order valence-electron chi connectivity index (χ3n) is 7.27. The van der Waals surface area contributed by atoms with E-state index in [2.05, 4.69) is 22.1 Å². The van der Waals surface area contributed by atoms with E-state index >= 15 is 0 Å². The van der Waals surface area contributed by atoms with Gasteiger partial charge in [0.2, 0.25) is 0 Å². The van der Waals surface area contributed by atoms with E-state index in [0.717, 1.165) is 42.5 Å². The molecular weight excluding hydrogens is 491 g/mol. The summed E-state index contributed by atoms with van der Waals surface area (Å²) in [5, 5.41) is 4.27. The number of hydrogen-bond donors (Lipinski definition) is 2. The van der Waals surface area contributed by atoms with Crippen LogP contribution in [0.1, 0.15) is 43.1 Å². The molecule has 5 nitrogen and oxygen atoms in total. The van der Waals surface area contributed by atoms with Crippen LogP contribution in [0.15, 0.2) is 42.5 Å². The molecule has 0 spiro atoms. The molecule has 2 aromatic carbocycles. The standard InChI is InChI=1S/C27H31F5N4O/c1-3-10-35-13-18(14-35)33-17-8-9-20(23(12-17)37-26(28)29)25-24-21(19-6-4-5-7-22(19)34-24)11-16(2)36(25)15-27(30,31)32/h4-9,12,16,18,25-26,33-34H,3,10-11,13-15H2,1-2H3/t16-,25-/m1/s1. The van der Waals surface area contributed by atoms with Crippen LogP contribution in [0.4, 0.5) is 27.6 Å². The van der Waals surface area contributed by atoms with Crippen molar-refractivity contribution in [2.75, 3.05) is 31.5 Å². The van der Waals surface area contributed by atoms with Gasteiger partial charge in [-0.15, -0.1) is 0 Å². The number of alkyl halides is 5. The molecule has 2 N–H and O–H groups in total. The van der Waals surface area contributed by atoms with Gasteiger partial charge in [-0.3, -0.25) is 9.80 Å². The van der Waals surface area contributed by atoms with Crippen LogP contribution >= 0.6 is 0 Å². The SMILES string of the molecule is CCCN1CC(Nc2ccc([C@@H]3c4[nH]c5ccccc5c4C[C@@H](C)N3CC(F)(F)F)c(OC(F)F)c2)C1. The molecule has 0 aliphatic carbocycles. The third kappa shape index (κ3) is 5.40. The van der Waals surface area contributed by atoms with Crippen LogP contribution in [0.3, 0.4) is 0 Å². The highest BCUT2D eigenvalue weighted by atomic mass is 19.4. The van der Waals surface area contributed by atoms with E-state index in [1.54, 1.807) is 19.1 Å². The van der Waals surface area contributed by atoms with E-state index in [1.165, 1.54) is 11.0 Å². The highest BCUT2D eigenvalue weighted by Gasteiger charge is 2.43. The summed E-state index contributed by atoms with van der Waals surface area (Å²) in [5.74, 6) is -0.124. The van der Waals surface area contributed by atoms with Crippen LogP contribution in [0.5, 0.6) is 5.75 Å². The van der Waals surface area contributed by atoms with Gasteiger partial charge < -0.3 is 15.0 Å². The number of nitrogens with one attached hydrogen (secondary N) is 2. The number of ether oxygens (including phenoxy) is 1. The lowest BCUT2D eigenvalue weighted by molar-refractivity contribution is -0.155. The number of halogens is 5. The van der Waals surface area contributed by atoms with Crippen molar-refractivity contribution in [2.24, 2.45) is 0 Å². The number of aromatic nitrogens is 1. The summed E-state index contributed by atoms with van der Waals surface area (Å²) < 4.78 is 73.1. The molecule has 0 amide bonds. The Balaban J connectivity index is 1.56. The van der Waals surface area contributed by atoms with Gasteiger partial charge in [0.1, 0.15) is 5.75 Å². The van der Waals surface area contributed by atoms with Crippen molar-refractivity contribution in [3.63, 3.8) is 0 Å². The highest BCUT2D eigenvalue weighted by molar-refractivity contribution is 5.85. The van der Waals surface area contributed by atoms with Gasteiger partial charge in [0.15, 0.2) is 0 Å². The summed E-state index contributed by atoms with van der Waals surface area (Å²) >= 11 is 0. The van der Waals surface area contributed by atoms with Crippen molar-refractivity contribution in [1.29, 1.82) is 0 Å². The molecule has 37 heavy (non-hydrogen) atoms. The maximum atomic E-state index is 13.7. The van der Waals surface area contributed by atoms with Crippen molar-refractivity contribution in [1.82, 2.24) is 14.8 Å². The number of anilines is 1. The molecule has 0 bridgehead atoms. The number of hydrogen-bond acceptors (Lipinski definition) is 4. The Morgan fingerprint density at radius 1 is 1.14 bits per heavy atom. The lowest BCUT2D eigenvalue weighted by Crippen LogP contribution is -2.54. The zero-order valence-corrected chi connectivity index (χ0v) is 20.8. The van der Waals surface area contributed by atoms with Crippen molar-refractivity contribution in [2.45, 2.75) is 57.6 Å². The molecule has 5 rings (SSSR count). The Bertz CT molecular complexity index is 1240. The molecular formula is C27H31F5N4O. The first-order valence-electron chi connectivity index (χ1n) is 12.6. The Morgan fingerprint density at radius 3 is 2.59 bits per heavy atom. The largest absolute Gasteiger partial charge is 0.434 e. The number of para-hydroxylation sites is 1. The average Bonchev–Trinajstić information content (AvgIpc) is 3.16. The van der Waals surface area contributed by atoms with E-state index in [4.69, 9.17) is 4.74 Å². The summed E-state index contributed by atoms with van der Waals surface area (Å²) in [7, 11) is 0. The Hall–Kier alpha value is -2.85. The molecule has 200 valence electrons. The first-order valence-corrected chi connectivity index (χ1v) is 12.6. The number of H-pyrrole nitrogens is 1. The van der Waals surface area contributed by atoms with Crippen LogP contribution in [-0.4, -0.2) is 65.8 Å². The summed E-state index contributed by atoms with van der Waals surface area (Å²) in [6.07, 6.45) is -3.00. The van der Waals surface area contributed by atoms with Crippen molar-refractivity contribution in [3.05, 3.63) is 59.3 Å². The van der Waals surface area contributed by atoms with Gasteiger partial charge in [-0.1, -0.05) is 31.2 Å². The Morgan fingerprint density at radius 2 is 1.89 bits per heavy atom. The van der Waals surface area contributed by atoms with Gasteiger partial charge in [0.05, 0.1) is 18.6 Å². The molecule has 0 radical (unpaired) electrons. The van der Waals surface area contributed by atoms with Gasteiger partial charge in [-0.05, 0) is 44.0 Å². The predicted molar refractivity (Wildman–Crippen MR) is 133 cm³/mol. The zero-order valence-electron chi connectivity index (χ0n) is 20.8. The highest BCUT2D eigenvalue weighted by Crippen LogP contribution is 2.45. The summed E-state index contributed by atoms with van der Waals surface area (Å²) in [6, 6.07) is 11.1. The minimum absolute atomic E-state index is 0.124. The van der Waals surface area contributed by atoms with Gasteiger partial charge in [-0.25, -0.2) is 0 Å². The van der Waals surface area contributed by atoms with Gasteiger partial charge in [0, 0.05) is 53.0 Å².